The Morgan fingerprint density at radius 3 is 1.35 bits per heavy atom. The molecule has 6 aromatic rings. The van der Waals surface area contributed by atoms with Gasteiger partial charge in [-0.05, 0) is 118 Å². The number of carbonyl (C=O) groups is 1. The minimum atomic E-state index is -0.265. The number of halogens is 2. The van der Waals surface area contributed by atoms with Crippen LogP contribution in [0.2, 0.25) is 0 Å². The molecule has 0 atom stereocenters. The molecule has 2 aromatic heterocycles. The van der Waals surface area contributed by atoms with Gasteiger partial charge >= 0.3 is 0 Å². The Morgan fingerprint density at radius 2 is 0.961 bits per heavy atom. The predicted molar refractivity (Wildman–Crippen MR) is 209 cm³/mol. The van der Waals surface area contributed by atoms with Crippen LogP contribution in [0.25, 0.3) is 56.2 Å². The maximum atomic E-state index is 13.9. The van der Waals surface area contributed by atoms with Gasteiger partial charge in [-0.1, -0.05) is 85.0 Å². The Hall–Kier alpha value is -5.55. The van der Waals surface area contributed by atoms with Crippen LogP contribution in [0, 0.1) is 11.6 Å². The van der Waals surface area contributed by atoms with Crippen molar-refractivity contribution in [2.75, 3.05) is 0 Å². The fourth-order valence-corrected chi connectivity index (χ4v) is 7.58. The largest absolute Gasteiger partial charge is 0.338 e. The first-order valence-electron chi connectivity index (χ1n) is 17.8. The van der Waals surface area contributed by atoms with Crippen molar-refractivity contribution < 1.29 is 13.6 Å². The molecule has 1 aliphatic carbocycles. The van der Waals surface area contributed by atoms with Crippen molar-refractivity contribution in [1.29, 1.82) is 0 Å². The Labute approximate surface area is 298 Å². The summed E-state index contributed by atoms with van der Waals surface area (Å²) in [6.07, 6.45) is 14.4. The number of fused-ring (bicyclic) bond motifs is 2. The predicted octanol–water partition coefficient (Wildman–Crippen LogP) is 12.7. The zero-order chi connectivity index (χ0) is 35.6. The highest BCUT2D eigenvalue weighted by Gasteiger charge is 2.22. The van der Waals surface area contributed by atoms with E-state index in [1.54, 1.807) is 0 Å². The number of nitrogens with zero attached hydrogens (tertiary/aromatic N) is 2. The summed E-state index contributed by atoms with van der Waals surface area (Å²) < 4.78 is 32.4. The van der Waals surface area contributed by atoms with E-state index in [1.807, 2.05) is 72.8 Å². The van der Waals surface area contributed by atoms with E-state index in [1.165, 1.54) is 24.3 Å². The minimum Gasteiger partial charge on any atom is -0.338 e. The summed E-state index contributed by atoms with van der Waals surface area (Å²) in [5.41, 5.74) is 9.85. The monoisotopic (exact) mass is 676 g/mol. The number of Topliss-reactive ketones (excluding diaryl/α,β-unsaturated/α-hetero) is 1. The average Bonchev–Trinajstić information content (AvgIpc) is 3.63. The van der Waals surface area contributed by atoms with Crippen molar-refractivity contribution in [3.63, 3.8) is 0 Å². The number of aromatic nitrogens is 2. The van der Waals surface area contributed by atoms with Crippen LogP contribution >= 0.6 is 0 Å². The van der Waals surface area contributed by atoms with E-state index in [0.717, 1.165) is 85.9 Å². The van der Waals surface area contributed by atoms with E-state index in [0.29, 0.717) is 0 Å². The van der Waals surface area contributed by atoms with Gasteiger partial charge in [-0.3, -0.25) is 4.79 Å². The van der Waals surface area contributed by atoms with Gasteiger partial charge in [0.25, 0.3) is 0 Å². The van der Waals surface area contributed by atoms with Gasteiger partial charge in [0.1, 0.15) is 11.6 Å². The molecule has 0 amide bonds. The Morgan fingerprint density at radius 1 is 0.569 bits per heavy atom. The zero-order valence-corrected chi connectivity index (χ0v) is 29.5. The number of carbonyl (C=O) groups excluding carboxylic acids is 1. The summed E-state index contributed by atoms with van der Waals surface area (Å²) in [5.74, 6) is -0.460. The van der Waals surface area contributed by atoms with Gasteiger partial charge in [-0.25, -0.2) is 8.78 Å². The van der Waals surface area contributed by atoms with Crippen molar-refractivity contribution in [2.24, 2.45) is 0 Å². The van der Waals surface area contributed by atoms with Crippen LogP contribution < -0.4 is 0 Å². The number of para-hydroxylation sites is 2. The molecule has 1 fully saturated rings. The molecular weight excluding hydrogens is 635 g/mol. The molecule has 0 N–H and O–H groups in total. The molecule has 0 spiro atoms. The highest BCUT2D eigenvalue weighted by Crippen LogP contribution is 2.39. The molecule has 0 unspecified atom stereocenters. The summed E-state index contributed by atoms with van der Waals surface area (Å²) in [7, 11) is 0. The molecule has 51 heavy (non-hydrogen) atoms. The fourth-order valence-electron chi connectivity index (χ4n) is 7.58. The molecule has 4 aromatic carbocycles. The summed E-state index contributed by atoms with van der Waals surface area (Å²) >= 11 is 0. The molecule has 256 valence electrons. The number of hydrogen-bond donors (Lipinski definition) is 0. The third kappa shape index (κ3) is 6.57. The molecule has 3 nitrogen and oxygen atoms in total. The summed E-state index contributed by atoms with van der Waals surface area (Å²) in [4.78, 5) is 13.8. The lowest BCUT2D eigenvalue weighted by Crippen LogP contribution is -2.12. The fraction of sp³-hybridized carbons (Fsp3) is 0.196. The SMILES string of the molecule is CC(C)n1c(/C=C/C=C2\CCC/C(=C\C=C\c3c(-c4ccc(F)cc4)c4ccccc4n3C(C)C)C2=O)c(-c2ccc(F)cc2)c2ccccc21. The maximum Gasteiger partial charge on any atom is 0.184 e. The van der Waals surface area contributed by atoms with Crippen LogP contribution in [0.3, 0.4) is 0 Å². The topological polar surface area (TPSA) is 26.9 Å². The molecule has 0 radical (unpaired) electrons. The van der Waals surface area contributed by atoms with Gasteiger partial charge in [-0.2, -0.15) is 0 Å². The maximum absolute atomic E-state index is 13.9. The van der Waals surface area contributed by atoms with Crippen molar-refractivity contribution in [2.45, 2.75) is 59.0 Å². The smallest absolute Gasteiger partial charge is 0.184 e. The zero-order valence-electron chi connectivity index (χ0n) is 29.5. The number of allylic oxidation sites excluding steroid dienone is 6. The molecule has 7 rings (SSSR count). The van der Waals surface area contributed by atoms with Crippen molar-refractivity contribution in [3.8, 4) is 22.3 Å². The lowest BCUT2D eigenvalue weighted by Gasteiger charge is -2.16. The number of benzene rings is 4. The highest BCUT2D eigenvalue weighted by atomic mass is 19.1. The summed E-state index contributed by atoms with van der Waals surface area (Å²) in [5, 5.41) is 2.21. The molecule has 0 saturated heterocycles. The molecule has 0 bridgehead atoms. The van der Waals surface area contributed by atoms with E-state index in [-0.39, 0.29) is 29.5 Å². The molecular formula is C46H42F2N2O. The Kier molecular flexibility index (Phi) is 9.55. The van der Waals surface area contributed by atoms with E-state index in [2.05, 4.69) is 73.2 Å². The molecule has 1 saturated carbocycles. The number of ketones is 1. The molecule has 5 heteroatoms. The van der Waals surface area contributed by atoms with Gasteiger partial charge in [0, 0.05) is 56.4 Å². The van der Waals surface area contributed by atoms with Crippen molar-refractivity contribution in [3.05, 3.63) is 156 Å². The van der Waals surface area contributed by atoms with Gasteiger partial charge in [0.15, 0.2) is 5.78 Å². The summed E-state index contributed by atoms with van der Waals surface area (Å²) in [6.45, 7) is 8.65. The number of hydrogen-bond acceptors (Lipinski definition) is 1. The van der Waals surface area contributed by atoms with Gasteiger partial charge < -0.3 is 9.13 Å². The van der Waals surface area contributed by atoms with Crippen LogP contribution in [-0.4, -0.2) is 14.9 Å². The van der Waals surface area contributed by atoms with Gasteiger partial charge in [0.2, 0.25) is 0 Å². The minimum absolute atomic E-state index is 0.0712. The van der Waals surface area contributed by atoms with E-state index >= 15 is 0 Å². The van der Waals surface area contributed by atoms with Crippen LogP contribution in [0.5, 0.6) is 0 Å². The second kappa shape index (κ2) is 14.4. The van der Waals surface area contributed by atoms with Crippen LogP contribution in [-0.2, 0) is 4.79 Å². The second-order valence-corrected chi connectivity index (χ2v) is 13.8. The summed E-state index contributed by atoms with van der Waals surface area (Å²) in [6, 6.07) is 30.3. The molecule has 1 aliphatic rings. The standard InChI is InChI=1S/C46H42F2N2O/c1-30(2)49-40-18-7-5-16-38(40)44(32-22-26-36(47)27-23-32)42(49)20-10-14-34-12-9-13-35(46(34)51)15-11-21-43-45(33-24-28-37(48)29-25-33)39-17-6-8-19-41(39)50(43)31(3)4/h5-8,10-11,14-31H,9,12-13H2,1-4H3/b20-10+,21-11+,34-14+,35-15+. The quantitative estimate of drug-likeness (QED) is 0.147. The third-order valence-electron chi connectivity index (χ3n) is 9.77. The van der Waals surface area contributed by atoms with Gasteiger partial charge in [-0.15, -0.1) is 0 Å². The van der Waals surface area contributed by atoms with Crippen LogP contribution in [0.15, 0.2) is 133 Å². The third-order valence-corrected chi connectivity index (χ3v) is 9.77. The first kappa shape index (κ1) is 33.9. The van der Waals surface area contributed by atoms with E-state index < -0.39 is 0 Å². The normalized spacial score (nSPS) is 15.7. The van der Waals surface area contributed by atoms with Crippen LogP contribution in [0.4, 0.5) is 8.78 Å². The van der Waals surface area contributed by atoms with E-state index in [9.17, 15) is 13.6 Å². The van der Waals surface area contributed by atoms with Crippen LogP contribution in [0.1, 0.15) is 70.4 Å². The number of rotatable bonds is 8. The highest BCUT2D eigenvalue weighted by molar-refractivity contribution is 6.09. The first-order valence-corrected chi connectivity index (χ1v) is 17.8. The Balaban J connectivity index is 1.23. The lowest BCUT2D eigenvalue weighted by atomic mass is 9.88. The lowest BCUT2D eigenvalue weighted by molar-refractivity contribution is -0.113. The van der Waals surface area contributed by atoms with Crippen molar-refractivity contribution >= 4 is 39.7 Å². The molecule has 2 heterocycles. The van der Waals surface area contributed by atoms with Gasteiger partial charge in [0.05, 0.1) is 0 Å². The first-order chi connectivity index (χ1) is 24.7. The van der Waals surface area contributed by atoms with Crippen molar-refractivity contribution in [1.82, 2.24) is 9.13 Å². The van der Waals surface area contributed by atoms with E-state index in [4.69, 9.17) is 0 Å². The Bertz CT molecular complexity index is 2200. The second-order valence-electron chi connectivity index (χ2n) is 13.8. The average molecular weight is 677 g/mol. The molecule has 0 aliphatic heterocycles.